The van der Waals surface area contributed by atoms with Crippen molar-refractivity contribution in [3.8, 4) is 17.3 Å². The normalized spacial score (nSPS) is 11.3. The van der Waals surface area contributed by atoms with Crippen LogP contribution in [-0.2, 0) is 6.61 Å². The molecule has 0 amide bonds. The first-order chi connectivity index (χ1) is 14.6. The summed E-state index contributed by atoms with van der Waals surface area (Å²) in [5, 5.41) is 3.05. The minimum absolute atomic E-state index is 0.102. The van der Waals surface area contributed by atoms with E-state index in [4.69, 9.17) is 25.2 Å². The maximum absolute atomic E-state index is 13.3. The van der Waals surface area contributed by atoms with Crippen LogP contribution in [-0.4, -0.2) is 0 Å². The summed E-state index contributed by atoms with van der Waals surface area (Å²) in [6.45, 7) is 2.07. The fraction of sp³-hybridized carbons (Fsp3) is 0.0800. The van der Waals surface area contributed by atoms with E-state index in [0.29, 0.717) is 21.8 Å². The quantitative estimate of drug-likeness (QED) is 0.325. The summed E-state index contributed by atoms with van der Waals surface area (Å²) in [4.78, 5) is 13.3. The molecule has 0 unspecified atom stereocenters. The molecule has 0 saturated carbocycles. The van der Waals surface area contributed by atoms with Crippen LogP contribution in [0.2, 0.25) is 5.02 Å². The molecule has 3 aromatic carbocycles. The molecule has 0 fully saturated rings. The van der Waals surface area contributed by atoms with Gasteiger partial charge in [-0.3, -0.25) is 4.79 Å². The van der Waals surface area contributed by atoms with E-state index >= 15 is 0 Å². The minimum atomic E-state index is -0.287. The lowest BCUT2D eigenvalue weighted by molar-refractivity contribution is 0.297. The topological polar surface area (TPSA) is 52.6 Å². The van der Waals surface area contributed by atoms with Crippen molar-refractivity contribution in [2.24, 2.45) is 0 Å². The van der Waals surface area contributed by atoms with Crippen LogP contribution in [0.3, 0.4) is 0 Å². The number of furan rings is 1. The molecule has 2 heterocycles. The molecule has 2 aromatic heterocycles. The Hall–Kier alpha value is -3.50. The van der Waals surface area contributed by atoms with Gasteiger partial charge in [-0.15, -0.1) is 0 Å². The van der Waals surface area contributed by atoms with Crippen molar-refractivity contribution in [2.45, 2.75) is 13.5 Å². The Morgan fingerprint density at radius 1 is 0.967 bits per heavy atom. The first kappa shape index (κ1) is 18.5. The molecule has 5 rings (SSSR count). The highest BCUT2D eigenvalue weighted by molar-refractivity contribution is 6.32. The highest BCUT2D eigenvalue weighted by atomic mass is 35.5. The Bertz CT molecular complexity index is 1430. The van der Waals surface area contributed by atoms with E-state index in [1.54, 1.807) is 24.3 Å². The molecule has 0 radical (unpaired) electrons. The molecule has 0 aliphatic heterocycles. The largest absolute Gasteiger partial charge is 0.481 e. The molecule has 0 spiro atoms. The van der Waals surface area contributed by atoms with Gasteiger partial charge >= 0.3 is 0 Å². The number of hydrogen-bond donors (Lipinski definition) is 0. The van der Waals surface area contributed by atoms with Gasteiger partial charge in [0.2, 0.25) is 16.9 Å². The molecule has 5 heteroatoms. The Morgan fingerprint density at radius 3 is 2.63 bits per heavy atom. The highest BCUT2D eigenvalue weighted by Crippen LogP contribution is 2.33. The smallest absolute Gasteiger partial charge is 0.235 e. The third kappa shape index (κ3) is 3.15. The number of ether oxygens (including phenoxy) is 1. The van der Waals surface area contributed by atoms with Crippen molar-refractivity contribution < 1.29 is 13.6 Å². The molecule has 148 valence electrons. The fourth-order valence-electron chi connectivity index (χ4n) is 3.57. The zero-order valence-electron chi connectivity index (χ0n) is 16.1. The van der Waals surface area contributed by atoms with E-state index in [0.717, 1.165) is 21.9 Å². The maximum Gasteiger partial charge on any atom is 0.235 e. The first-order valence-electron chi connectivity index (χ1n) is 9.52. The second-order valence-electron chi connectivity index (χ2n) is 7.09. The van der Waals surface area contributed by atoms with Crippen LogP contribution < -0.4 is 10.2 Å². The number of halogens is 1. The van der Waals surface area contributed by atoms with Gasteiger partial charge in [-0.2, -0.15) is 0 Å². The van der Waals surface area contributed by atoms with Crippen molar-refractivity contribution in [3.05, 3.63) is 99.4 Å². The summed E-state index contributed by atoms with van der Waals surface area (Å²) in [5.41, 5.74) is 1.94. The molecule has 0 N–H and O–H groups in total. The zero-order valence-corrected chi connectivity index (χ0v) is 16.9. The van der Waals surface area contributed by atoms with E-state index in [-0.39, 0.29) is 23.5 Å². The first-order valence-corrected chi connectivity index (χ1v) is 9.90. The summed E-state index contributed by atoms with van der Waals surface area (Å²) in [5.74, 6) is 0.791. The van der Waals surface area contributed by atoms with Gasteiger partial charge in [0.25, 0.3) is 0 Å². The van der Waals surface area contributed by atoms with Crippen molar-refractivity contribution in [1.82, 2.24) is 0 Å². The molecule has 0 bridgehead atoms. The van der Waals surface area contributed by atoms with E-state index in [2.05, 4.69) is 0 Å². The Kier molecular flexibility index (Phi) is 4.57. The lowest BCUT2D eigenvalue weighted by Crippen LogP contribution is -2.10. The van der Waals surface area contributed by atoms with Gasteiger partial charge in [0.05, 0.1) is 11.6 Å². The van der Waals surface area contributed by atoms with Crippen molar-refractivity contribution >= 4 is 33.3 Å². The predicted molar refractivity (Wildman–Crippen MR) is 118 cm³/mol. The van der Waals surface area contributed by atoms with Crippen LogP contribution in [0.15, 0.2) is 86.6 Å². The number of fused-ring (bicyclic) bond motifs is 2. The summed E-state index contributed by atoms with van der Waals surface area (Å²) < 4.78 is 17.6. The third-order valence-corrected chi connectivity index (χ3v) is 5.53. The van der Waals surface area contributed by atoms with Crippen LogP contribution >= 0.6 is 11.6 Å². The average molecular weight is 417 g/mol. The van der Waals surface area contributed by atoms with Crippen LogP contribution in [0.1, 0.15) is 11.1 Å². The average Bonchev–Trinajstić information content (AvgIpc) is 3.29. The van der Waals surface area contributed by atoms with Gasteiger partial charge in [0.15, 0.2) is 5.76 Å². The summed E-state index contributed by atoms with van der Waals surface area (Å²) >= 11 is 6.25. The molecule has 30 heavy (non-hydrogen) atoms. The van der Waals surface area contributed by atoms with Gasteiger partial charge in [-0.1, -0.05) is 54.1 Å². The molecule has 5 aromatic rings. The molecule has 0 saturated heterocycles. The van der Waals surface area contributed by atoms with Crippen LogP contribution in [0.5, 0.6) is 5.75 Å². The Morgan fingerprint density at radius 2 is 1.80 bits per heavy atom. The number of aryl methyl sites for hydroxylation is 1. The zero-order chi connectivity index (χ0) is 20.7. The van der Waals surface area contributed by atoms with E-state index in [9.17, 15) is 4.79 Å². The van der Waals surface area contributed by atoms with Crippen molar-refractivity contribution in [1.29, 1.82) is 0 Å². The lowest BCUT2D eigenvalue weighted by Gasteiger charge is -2.12. The summed E-state index contributed by atoms with van der Waals surface area (Å²) in [6, 6.07) is 20.9. The lowest BCUT2D eigenvalue weighted by atomic mass is 10.1. The van der Waals surface area contributed by atoms with E-state index in [1.807, 2.05) is 49.4 Å². The molecule has 0 aliphatic rings. The predicted octanol–water partition coefficient (Wildman–Crippen LogP) is 6.75. The van der Waals surface area contributed by atoms with Crippen LogP contribution in [0, 0.1) is 6.92 Å². The molecule has 0 aliphatic carbocycles. The molecule has 0 atom stereocenters. The Balaban J connectivity index is 1.65. The minimum Gasteiger partial charge on any atom is -0.481 e. The van der Waals surface area contributed by atoms with Crippen LogP contribution in [0.25, 0.3) is 33.3 Å². The summed E-state index contributed by atoms with van der Waals surface area (Å²) in [7, 11) is 0. The maximum atomic E-state index is 13.3. The number of benzene rings is 3. The van der Waals surface area contributed by atoms with Crippen molar-refractivity contribution in [2.75, 3.05) is 0 Å². The van der Waals surface area contributed by atoms with Gasteiger partial charge < -0.3 is 13.6 Å². The molecule has 4 nitrogen and oxygen atoms in total. The van der Waals surface area contributed by atoms with E-state index in [1.165, 1.54) is 6.26 Å². The number of hydrogen-bond acceptors (Lipinski definition) is 4. The highest BCUT2D eigenvalue weighted by Gasteiger charge is 2.21. The molecular formula is C25H17ClO4. The van der Waals surface area contributed by atoms with Gasteiger partial charge in [-0.05, 0) is 53.1 Å². The van der Waals surface area contributed by atoms with Crippen molar-refractivity contribution in [3.63, 3.8) is 0 Å². The second kappa shape index (κ2) is 7.39. The number of rotatable bonds is 4. The standard InChI is InChI=1S/C25H17ClO4/c1-15-12-22-19(13-20(15)26)23(27)25(24(30-22)21-10-5-11-28-21)29-14-17-8-4-7-16-6-2-3-9-18(16)17/h2-13H,14H2,1H3. The molecular weight excluding hydrogens is 400 g/mol. The van der Waals surface area contributed by atoms with E-state index < -0.39 is 0 Å². The SMILES string of the molecule is Cc1cc2oc(-c3ccco3)c(OCc3cccc4ccccc34)c(=O)c2cc1Cl. The summed E-state index contributed by atoms with van der Waals surface area (Å²) in [6.07, 6.45) is 1.53. The second-order valence-corrected chi connectivity index (χ2v) is 7.50. The Labute approximate surface area is 177 Å². The van der Waals surface area contributed by atoms with Gasteiger partial charge in [-0.25, -0.2) is 0 Å². The van der Waals surface area contributed by atoms with Gasteiger partial charge in [0, 0.05) is 5.02 Å². The fourth-order valence-corrected chi connectivity index (χ4v) is 3.73. The van der Waals surface area contributed by atoms with Crippen LogP contribution in [0.4, 0.5) is 0 Å². The monoisotopic (exact) mass is 416 g/mol. The van der Waals surface area contributed by atoms with Gasteiger partial charge in [0.1, 0.15) is 12.2 Å². The third-order valence-electron chi connectivity index (χ3n) is 5.13.